The number of hydrogen-bond donors (Lipinski definition) is 0. The molecule has 0 fully saturated rings. The number of rotatable bonds is 1. The summed E-state index contributed by atoms with van der Waals surface area (Å²) in [6.45, 7) is 0. The fraction of sp³-hybridized carbons (Fsp3) is 0.250. The van der Waals surface area contributed by atoms with Gasteiger partial charge in [-0.15, -0.1) is 4.57 Å². The first-order valence-electron chi connectivity index (χ1n) is 3.33. The summed E-state index contributed by atoms with van der Waals surface area (Å²) in [4.78, 5) is 1.99. The summed E-state index contributed by atoms with van der Waals surface area (Å²) in [5.74, 6) is 0. The number of aromatic nitrogens is 1. The van der Waals surface area contributed by atoms with Gasteiger partial charge >= 0.3 is 6.19 Å². The topological polar surface area (TPSA) is 30.9 Å². The summed E-state index contributed by atoms with van der Waals surface area (Å²) in [5, 5.41) is 8.47. The van der Waals surface area contributed by atoms with Crippen LogP contribution in [0, 0.1) is 11.5 Å². The van der Waals surface area contributed by atoms with Crippen molar-refractivity contribution in [1.29, 1.82) is 5.26 Å². The third-order valence-electron chi connectivity index (χ3n) is 1.44. The minimum Gasteiger partial charge on any atom is -1.00 e. The number of halogens is 1. The third kappa shape index (κ3) is 2.40. The monoisotopic (exact) mass is 183 g/mol. The van der Waals surface area contributed by atoms with Gasteiger partial charge in [-0.3, -0.25) is 0 Å². The normalized spacial score (nSPS) is 8.08. The largest absolute Gasteiger partial charge is 1.00 e. The van der Waals surface area contributed by atoms with Crippen molar-refractivity contribution < 1.29 is 17.0 Å². The van der Waals surface area contributed by atoms with Crippen LogP contribution in [0.4, 0.5) is 5.69 Å². The SMILES string of the molecule is CN(C)c1cc[n+](C#N)cc1.[Cl-]. The fourth-order valence-corrected chi connectivity index (χ4v) is 0.783. The lowest BCUT2D eigenvalue weighted by Crippen LogP contribution is -3.00. The van der Waals surface area contributed by atoms with Gasteiger partial charge in [-0.1, -0.05) is 0 Å². The number of nitrogens with zero attached hydrogens (tertiary/aromatic N) is 3. The molecule has 1 heterocycles. The van der Waals surface area contributed by atoms with Crippen LogP contribution in [0.2, 0.25) is 0 Å². The van der Waals surface area contributed by atoms with E-state index in [-0.39, 0.29) is 12.4 Å². The number of anilines is 1. The summed E-state index contributed by atoms with van der Waals surface area (Å²) in [5.41, 5.74) is 1.09. The highest BCUT2D eigenvalue weighted by atomic mass is 35.5. The second-order valence-electron chi connectivity index (χ2n) is 2.46. The van der Waals surface area contributed by atoms with Gasteiger partial charge in [-0.2, -0.15) is 0 Å². The molecular weight excluding hydrogens is 174 g/mol. The lowest BCUT2D eigenvalue weighted by Gasteiger charge is -2.09. The van der Waals surface area contributed by atoms with E-state index in [1.165, 1.54) is 4.57 Å². The lowest BCUT2D eigenvalue weighted by atomic mass is 10.4. The van der Waals surface area contributed by atoms with Gasteiger partial charge in [0.25, 0.3) is 0 Å². The molecule has 0 aliphatic carbocycles. The molecule has 12 heavy (non-hydrogen) atoms. The Labute approximate surface area is 78.3 Å². The van der Waals surface area contributed by atoms with E-state index in [1.807, 2.05) is 37.3 Å². The highest BCUT2D eigenvalue weighted by Crippen LogP contribution is 2.05. The van der Waals surface area contributed by atoms with Crippen LogP contribution in [0.25, 0.3) is 0 Å². The molecule has 1 aromatic heterocycles. The maximum atomic E-state index is 8.47. The van der Waals surface area contributed by atoms with Crippen LogP contribution in [-0.4, -0.2) is 14.1 Å². The molecule has 0 aromatic carbocycles. The van der Waals surface area contributed by atoms with Crippen molar-refractivity contribution in [2.45, 2.75) is 0 Å². The van der Waals surface area contributed by atoms with Crippen molar-refractivity contribution in [2.75, 3.05) is 19.0 Å². The maximum absolute atomic E-state index is 8.47. The Morgan fingerprint density at radius 2 is 1.83 bits per heavy atom. The predicted octanol–water partition coefficient (Wildman–Crippen LogP) is -2.63. The van der Waals surface area contributed by atoms with E-state index in [4.69, 9.17) is 5.26 Å². The molecular formula is C8H10ClN3. The predicted molar refractivity (Wildman–Crippen MR) is 42.0 cm³/mol. The molecule has 1 rings (SSSR count). The second-order valence-corrected chi connectivity index (χ2v) is 2.46. The third-order valence-corrected chi connectivity index (χ3v) is 1.44. The van der Waals surface area contributed by atoms with Gasteiger partial charge < -0.3 is 17.3 Å². The Balaban J connectivity index is 0.00000121. The van der Waals surface area contributed by atoms with Gasteiger partial charge in [0.2, 0.25) is 0 Å². The van der Waals surface area contributed by atoms with Crippen molar-refractivity contribution in [2.24, 2.45) is 0 Å². The van der Waals surface area contributed by atoms with Crippen LogP contribution in [-0.2, 0) is 0 Å². The minimum absolute atomic E-state index is 0. The van der Waals surface area contributed by atoms with E-state index in [0.29, 0.717) is 0 Å². The molecule has 0 amide bonds. The smallest absolute Gasteiger partial charge is 0.463 e. The Hall–Kier alpha value is -1.27. The van der Waals surface area contributed by atoms with Crippen LogP contribution in [0.1, 0.15) is 0 Å². The molecule has 0 aliphatic heterocycles. The van der Waals surface area contributed by atoms with E-state index in [1.54, 1.807) is 12.4 Å². The molecule has 0 aliphatic rings. The van der Waals surface area contributed by atoms with Gasteiger partial charge in [0.15, 0.2) is 5.26 Å². The van der Waals surface area contributed by atoms with Crippen molar-refractivity contribution >= 4 is 5.69 Å². The molecule has 0 radical (unpaired) electrons. The first-order chi connectivity index (χ1) is 5.24. The van der Waals surface area contributed by atoms with Gasteiger partial charge in [0.05, 0.1) is 0 Å². The van der Waals surface area contributed by atoms with Crippen LogP contribution >= 0.6 is 0 Å². The summed E-state index contributed by atoms with van der Waals surface area (Å²) in [6.07, 6.45) is 5.45. The van der Waals surface area contributed by atoms with Crippen LogP contribution in [0.3, 0.4) is 0 Å². The van der Waals surface area contributed by atoms with Crippen molar-refractivity contribution in [3.63, 3.8) is 0 Å². The Bertz CT molecular complexity index is 273. The Kier molecular flexibility index (Phi) is 4.09. The Morgan fingerprint density at radius 3 is 2.17 bits per heavy atom. The van der Waals surface area contributed by atoms with E-state index in [2.05, 4.69) is 0 Å². The van der Waals surface area contributed by atoms with Crippen molar-refractivity contribution in [3.8, 4) is 6.19 Å². The first-order valence-corrected chi connectivity index (χ1v) is 3.33. The second kappa shape index (κ2) is 4.58. The molecule has 0 saturated carbocycles. The van der Waals surface area contributed by atoms with E-state index in [9.17, 15) is 0 Å². The molecule has 0 saturated heterocycles. The zero-order valence-electron chi connectivity index (χ0n) is 7.03. The number of pyridine rings is 1. The zero-order chi connectivity index (χ0) is 8.27. The molecule has 0 spiro atoms. The van der Waals surface area contributed by atoms with Gasteiger partial charge in [0, 0.05) is 31.9 Å². The van der Waals surface area contributed by atoms with Crippen molar-refractivity contribution in [1.82, 2.24) is 0 Å². The maximum Gasteiger partial charge on any atom is 0.463 e. The summed E-state index contributed by atoms with van der Waals surface area (Å²) >= 11 is 0. The van der Waals surface area contributed by atoms with Crippen LogP contribution < -0.4 is 21.9 Å². The van der Waals surface area contributed by atoms with Gasteiger partial charge in [0.1, 0.15) is 12.4 Å². The number of hydrogen-bond acceptors (Lipinski definition) is 2. The molecule has 3 nitrogen and oxygen atoms in total. The van der Waals surface area contributed by atoms with E-state index in [0.717, 1.165) is 5.69 Å². The van der Waals surface area contributed by atoms with Crippen molar-refractivity contribution in [3.05, 3.63) is 24.5 Å². The minimum atomic E-state index is 0. The van der Waals surface area contributed by atoms with Crippen LogP contribution in [0.15, 0.2) is 24.5 Å². The van der Waals surface area contributed by atoms with E-state index >= 15 is 0 Å². The zero-order valence-corrected chi connectivity index (χ0v) is 7.78. The first kappa shape index (κ1) is 10.7. The van der Waals surface area contributed by atoms with Crippen LogP contribution in [0.5, 0.6) is 0 Å². The molecule has 0 atom stereocenters. The average Bonchev–Trinajstić information content (AvgIpc) is 2.05. The molecule has 0 unspecified atom stereocenters. The number of nitriles is 1. The molecule has 0 bridgehead atoms. The highest BCUT2D eigenvalue weighted by Gasteiger charge is 1.96. The summed E-state index contributed by atoms with van der Waals surface area (Å²) in [7, 11) is 3.93. The fourth-order valence-electron chi connectivity index (χ4n) is 0.783. The molecule has 0 N–H and O–H groups in total. The van der Waals surface area contributed by atoms with Gasteiger partial charge in [-0.05, 0) is 0 Å². The lowest BCUT2D eigenvalue weighted by molar-refractivity contribution is -0.586. The average molecular weight is 184 g/mol. The highest BCUT2D eigenvalue weighted by molar-refractivity contribution is 5.41. The summed E-state index contributed by atoms with van der Waals surface area (Å²) in [6, 6.07) is 3.78. The quantitative estimate of drug-likeness (QED) is 0.447. The Morgan fingerprint density at radius 1 is 1.33 bits per heavy atom. The molecule has 1 aromatic rings. The molecule has 64 valence electrons. The van der Waals surface area contributed by atoms with Gasteiger partial charge in [-0.25, -0.2) is 0 Å². The van der Waals surface area contributed by atoms with E-state index < -0.39 is 0 Å². The summed E-state index contributed by atoms with van der Waals surface area (Å²) < 4.78 is 1.45. The molecule has 4 heteroatoms. The standard InChI is InChI=1S/C8H10N3.ClH/c1-10(2)8-3-5-11(7-9)6-4-8;/h3-6H,1-2H3;1H/q+1;/p-1.